The third-order valence-corrected chi connectivity index (χ3v) is 6.55. The Labute approximate surface area is 128 Å². The van der Waals surface area contributed by atoms with E-state index in [1.807, 2.05) is 11.3 Å². The largest absolute Gasteiger partial charge is 0.314 e. The van der Waals surface area contributed by atoms with Crippen LogP contribution in [0.3, 0.4) is 0 Å². The lowest BCUT2D eigenvalue weighted by Crippen LogP contribution is -2.55. The number of piperidine rings is 2. The second-order valence-electron chi connectivity index (χ2n) is 5.83. The van der Waals surface area contributed by atoms with Crippen LogP contribution in [-0.2, 0) is 6.54 Å². The molecule has 2 aliphatic rings. The van der Waals surface area contributed by atoms with Gasteiger partial charge in [0.2, 0.25) is 0 Å². The molecule has 4 heteroatoms. The van der Waals surface area contributed by atoms with Crippen molar-refractivity contribution in [1.82, 2.24) is 10.2 Å². The van der Waals surface area contributed by atoms with E-state index >= 15 is 0 Å². The number of nitrogens with one attached hydrogen (secondary N) is 1. The van der Waals surface area contributed by atoms with Crippen LogP contribution in [0.5, 0.6) is 0 Å². The van der Waals surface area contributed by atoms with E-state index in [0.29, 0.717) is 0 Å². The monoisotopic (exact) mass is 342 g/mol. The maximum atomic E-state index is 3.68. The minimum absolute atomic E-state index is 0.753. The molecule has 2 nitrogen and oxygen atoms in total. The molecule has 2 unspecified atom stereocenters. The fourth-order valence-corrected chi connectivity index (χ4v) is 5.28. The SMILES string of the molecule is CCNC1CC2CCCC(C1)N2Cc1sccc1Br. The molecular weight excluding hydrogens is 320 g/mol. The summed E-state index contributed by atoms with van der Waals surface area (Å²) in [5.41, 5.74) is 0. The van der Waals surface area contributed by atoms with Crippen LogP contribution < -0.4 is 5.32 Å². The third-order valence-electron chi connectivity index (χ3n) is 4.64. The molecule has 2 aliphatic heterocycles. The first-order valence-corrected chi connectivity index (χ1v) is 9.16. The minimum Gasteiger partial charge on any atom is -0.314 e. The Kier molecular flexibility index (Phi) is 4.62. The van der Waals surface area contributed by atoms with Crippen molar-refractivity contribution in [2.45, 2.75) is 63.7 Å². The second-order valence-corrected chi connectivity index (χ2v) is 7.68. The van der Waals surface area contributed by atoms with Crippen LogP contribution in [0.1, 0.15) is 43.9 Å². The molecule has 2 atom stereocenters. The quantitative estimate of drug-likeness (QED) is 0.889. The number of thiophene rings is 1. The fraction of sp³-hybridized carbons (Fsp3) is 0.733. The number of hydrogen-bond donors (Lipinski definition) is 1. The van der Waals surface area contributed by atoms with Gasteiger partial charge in [0.15, 0.2) is 0 Å². The number of halogens is 1. The summed E-state index contributed by atoms with van der Waals surface area (Å²) in [7, 11) is 0. The topological polar surface area (TPSA) is 15.3 Å². The molecule has 1 N–H and O–H groups in total. The van der Waals surface area contributed by atoms with Crippen molar-refractivity contribution in [2.24, 2.45) is 0 Å². The minimum atomic E-state index is 0.753. The molecule has 2 bridgehead atoms. The summed E-state index contributed by atoms with van der Waals surface area (Å²) in [6.45, 7) is 4.48. The van der Waals surface area contributed by atoms with Crippen LogP contribution in [0.2, 0.25) is 0 Å². The Morgan fingerprint density at radius 2 is 2.11 bits per heavy atom. The number of fused-ring (bicyclic) bond motifs is 2. The van der Waals surface area contributed by atoms with E-state index in [9.17, 15) is 0 Å². The molecule has 19 heavy (non-hydrogen) atoms. The van der Waals surface area contributed by atoms with Gasteiger partial charge in [-0.15, -0.1) is 11.3 Å². The Bertz CT molecular complexity index is 406. The zero-order chi connectivity index (χ0) is 13.2. The standard InChI is InChI=1S/C15H23BrN2S/c1-2-17-11-8-12-4-3-5-13(9-11)18(12)10-15-14(16)6-7-19-15/h6-7,11-13,17H,2-5,8-10H2,1H3. The van der Waals surface area contributed by atoms with E-state index in [1.54, 1.807) is 0 Å². The molecule has 3 rings (SSSR count). The maximum Gasteiger partial charge on any atom is 0.0345 e. The smallest absolute Gasteiger partial charge is 0.0345 e. The second kappa shape index (κ2) is 6.25. The highest BCUT2D eigenvalue weighted by molar-refractivity contribution is 9.10. The normalized spacial score (nSPS) is 31.6. The summed E-state index contributed by atoms with van der Waals surface area (Å²) in [4.78, 5) is 4.28. The van der Waals surface area contributed by atoms with Gasteiger partial charge >= 0.3 is 0 Å². The van der Waals surface area contributed by atoms with Crippen molar-refractivity contribution in [3.05, 3.63) is 20.8 Å². The Morgan fingerprint density at radius 3 is 2.68 bits per heavy atom. The van der Waals surface area contributed by atoms with Crippen LogP contribution in [0.15, 0.2) is 15.9 Å². The molecule has 0 aliphatic carbocycles. The summed E-state index contributed by atoms with van der Waals surface area (Å²) in [6.07, 6.45) is 6.89. The van der Waals surface area contributed by atoms with Gasteiger partial charge in [0, 0.05) is 34.0 Å². The first kappa shape index (κ1) is 14.1. The molecular formula is C15H23BrN2S. The van der Waals surface area contributed by atoms with Gasteiger partial charge < -0.3 is 5.32 Å². The lowest BCUT2D eigenvalue weighted by atomic mass is 9.81. The molecule has 1 aromatic heterocycles. The lowest BCUT2D eigenvalue weighted by molar-refractivity contribution is 0.0187. The Morgan fingerprint density at radius 1 is 1.37 bits per heavy atom. The average molecular weight is 343 g/mol. The van der Waals surface area contributed by atoms with Crippen LogP contribution in [-0.4, -0.2) is 29.6 Å². The molecule has 0 spiro atoms. The third kappa shape index (κ3) is 3.07. The summed E-state index contributed by atoms with van der Waals surface area (Å²) in [5, 5.41) is 5.87. The lowest BCUT2D eigenvalue weighted by Gasteiger charge is -2.49. The Balaban J connectivity index is 1.70. The fourth-order valence-electron chi connectivity index (χ4n) is 3.80. The van der Waals surface area contributed by atoms with Crippen LogP contribution in [0.25, 0.3) is 0 Å². The zero-order valence-corrected chi connectivity index (χ0v) is 14.0. The van der Waals surface area contributed by atoms with E-state index in [2.05, 4.69) is 44.5 Å². The molecule has 0 aromatic carbocycles. The molecule has 0 saturated carbocycles. The van der Waals surface area contributed by atoms with Gasteiger partial charge in [0.1, 0.15) is 0 Å². The van der Waals surface area contributed by atoms with Gasteiger partial charge in [-0.2, -0.15) is 0 Å². The van der Waals surface area contributed by atoms with Crippen molar-refractivity contribution in [3.63, 3.8) is 0 Å². The average Bonchev–Trinajstić information content (AvgIpc) is 2.76. The number of rotatable bonds is 4. The summed E-state index contributed by atoms with van der Waals surface area (Å²) < 4.78 is 1.30. The molecule has 0 radical (unpaired) electrons. The predicted molar refractivity (Wildman–Crippen MR) is 85.7 cm³/mol. The molecule has 1 aromatic rings. The summed E-state index contributed by atoms with van der Waals surface area (Å²) >= 11 is 5.57. The highest BCUT2D eigenvalue weighted by Gasteiger charge is 2.38. The van der Waals surface area contributed by atoms with E-state index in [-0.39, 0.29) is 0 Å². The first-order chi connectivity index (χ1) is 9.28. The van der Waals surface area contributed by atoms with Crippen LogP contribution >= 0.6 is 27.3 Å². The predicted octanol–water partition coefficient (Wildman–Crippen LogP) is 4.01. The number of nitrogens with zero attached hydrogens (tertiary/aromatic N) is 1. The van der Waals surface area contributed by atoms with Gasteiger partial charge in [0.25, 0.3) is 0 Å². The molecule has 2 saturated heterocycles. The van der Waals surface area contributed by atoms with Crippen molar-refractivity contribution in [3.8, 4) is 0 Å². The van der Waals surface area contributed by atoms with Gasteiger partial charge in [-0.3, -0.25) is 4.90 Å². The number of hydrogen-bond acceptors (Lipinski definition) is 3. The van der Waals surface area contributed by atoms with Gasteiger partial charge in [-0.1, -0.05) is 13.3 Å². The van der Waals surface area contributed by atoms with Gasteiger partial charge in [-0.05, 0) is 59.6 Å². The summed E-state index contributed by atoms with van der Waals surface area (Å²) in [6, 6.07) is 4.53. The molecule has 3 heterocycles. The van der Waals surface area contributed by atoms with E-state index < -0.39 is 0 Å². The van der Waals surface area contributed by atoms with Crippen molar-refractivity contribution < 1.29 is 0 Å². The molecule has 0 amide bonds. The molecule has 106 valence electrons. The first-order valence-electron chi connectivity index (χ1n) is 7.49. The maximum absolute atomic E-state index is 3.68. The Hall–Kier alpha value is 0.100. The molecule has 2 fully saturated rings. The van der Waals surface area contributed by atoms with Crippen molar-refractivity contribution >= 4 is 27.3 Å². The zero-order valence-electron chi connectivity index (χ0n) is 11.6. The van der Waals surface area contributed by atoms with Gasteiger partial charge in [0.05, 0.1) is 0 Å². The summed E-state index contributed by atoms with van der Waals surface area (Å²) in [5.74, 6) is 0. The van der Waals surface area contributed by atoms with Crippen LogP contribution in [0.4, 0.5) is 0 Å². The van der Waals surface area contributed by atoms with Crippen molar-refractivity contribution in [1.29, 1.82) is 0 Å². The van der Waals surface area contributed by atoms with E-state index in [0.717, 1.165) is 31.2 Å². The van der Waals surface area contributed by atoms with E-state index in [4.69, 9.17) is 0 Å². The highest BCUT2D eigenvalue weighted by atomic mass is 79.9. The van der Waals surface area contributed by atoms with E-state index in [1.165, 1.54) is 41.5 Å². The van der Waals surface area contributed by atoms with Crippen molar-refractivity contribution in [2.75, 3.05) is 6.54 Å². The van der Waals surface area contributed by atoms with Gasteiger partial charge in [-0.25, -0.2) is 0 Å². The van der Waals surface area contributed by atoms with Crippen LogP contribution in [0, 0.1) is 0 Å². The highest BCUT2D eigenvalue weighted by Crippen LogP contribution is 2.37.